The first-order chi connectivity index (χ1) is 9.11. The first kappa shape index (κ1) is 14.7. The summed E-state index contributed by atoms with van der Waals surface area (Å²) in [4.78, 5) is 12.3. The number of nitrogens with two attached hydrogens (primary N) is 1. The van der Waals surface area contributed by atoms with E-state index in [9.17, 15) is 4.79 Å². The van der Waals surface area contributed by atoms with Gasteiger partial charge in [0.2, 0.25) is 0 Å². The van der Waals surface area contributed by atoms with Gasteiger partial charge < -0.3 is 11.1 Å². The minimum Gasteiger partial charge on any atom is -0.399 e. The Hall–Kier alpha value is -0.680. The van der Waals surface area contributed by atoms with E-state index in [-0.39, 0.29) is 11.9 Å². The average molecular weight is 343 g/mol. The molecule has 0 bridgehead atoms. The fourth-order valence-corrected chi connectivity index (χ4v) is 4.09. The lowest BCUT2D eigenvalue weighted by atomic mass is 10.1. The van der Waals surface area contributed by atoms with E-state index < -0.39 is 0 Å². The highest BCUT2D eigenvalue weighted by Gasteiger charge is 2.29. The van der Waals surface area contributed by atoms with Crippen molar-refractivity contribution in [2.24, 2.45) is 0 Å². The summed E-state index contributed by atoms with van der Waals surface area (Å²) in [5.74, 6) is 1.06. The summed E-state index contributed by atoms with van der Waals surface area (Å²) in [6.07, 6.45) is 3.46. The molecule has 1 amide bonds. The molecule has 0 aliphatic heterocycles. The van der Waals surface area contributed by atoms with Gasteiger partial charge in [-0.25, -0.2) is 0 Å². The minimum atomic E-state index is -0.0345. The van der Waals surface area contributed by atoms with Crippen molar-refractivity contribution < 1.29 is 4.79 Å². The molecular formula is C14H19BrN2OS. The molecule has 3 N–H and O–H groups in total. The predicted molar refractivity (Wildman–Crippen MR) is 85.6 cm³/mol. The molecule has 2 atom stereocenters. The van der Waals surface area contributed by atoms with Crippen LogP contribution in [0, 0.1) is 0 Å². The van der Waals surface area contributed by atoms with Crippen molar-refractivity contribution in [3.63, 3.8) is 0 Å². The molecule has 0 radical (unpaired) electrons. The molecule has 2 rings (SSSR count). The fraction of sp³-hybridized carbons (Fsp3) is 0.500. The summed E-state index contributed by atoms with van der Waals surface area (Å²) in [5, 5.41) is 3.70. The lowest BCUT2D eigenvalue weighted by Crippen LogP contribution is -2.39. The molecule has 19 heavy (non-hydrogen) atoms. The quantitative estimate of drug-likeness (QED) is 0.824. The molecule has 2 unspecified atom stereocenters. The predicted octanol–water partition coefficient (Wildman–Crippen LogP) is 3.44. The summed E-state index contributed by atoms with van der Waals surface area (Å²) in [6.45, 7) is 2.16. The first-order valence-electron chi connectivity index (χ1n) is 6.59. The van der Waals surface area contributed by atoms with Crippen LogP contribution >= 0.6 is 27.7 Å². The van der Waals surface area contributed by atoms with Crippen LogP contribution in [0.5, 0.6) is 0 Å². The van der Waals surface area contributed by atoms with Crippen LogP contribution in [0.2, 0.25) is 0 Å². The van der Waals surface area contributed by atoms with Crippen LogP contribution in [-0.4, -0.2) is 23.0 Å². The van der Waals surface area contributed by atoms with E-state index in [1.165, 1.54) is 12.8 Å². The molecule has 1 saturated carbocycles. The van der Waals surface area contributed by atoms with Gasteiger partial charge >= 0.3 is 0 Å². The number of benzene rings is 1. The number of anilines is 1. The SMILES string of the molecule is CCSC1CCCC1NC(=O)c1cc(N)ccc1Br. The number of carbonyl (C=O) groups is 1. The fourth-order valence-electron chi connectivity index (χ4n) is 2.47. The van der Waals surface area contributed by atoms with Crippen molar-refractivity contribution >= 4 is 39.3 Å². The van der Waals surface area contributed by atoms with Crippen LogP contribution in [0.3, 0.4) is 0 Å². The maximum atomic E-state index is 12.3. The summed E-state index contributed by atoms with van der Waals surface area (Å²) < 4.78 is 0.789. The van der Waals surface area contributed by atoms with Crippen molar-refractivity contribution in [2.75, 3.05) is 11.5 Å². The molecule has 104 valence electrons. The highest BCUT2D eigenvalue weighted by atomic mass is 79.9. The van der Waals surface area contributed by atoms with Gasteiger partial charge in [0.05, 0.1) is 5.56 Å². The number of halogens is 1. The van der Waals surface area contributed by atoms with Gasteiger partial charge in [-0.05, 0) is 52.7 Å². The van der Waals surface area contributed by atoms with Gasteiger partial charge in [0.25, 0.3) is 5.91 Å². The van der Waals surface area contributed by atoms with E-state index in [1.807, 2.05) is 17.8 Å². The topological polar surface area (TPSA) is 55.1 Å². The Morgan fingerprint density at radius 1 is 1.53 bits per heavy atom. The Kier molecular flexibility index (Phi) is 5.16. The third kappa shape index (κ3) is 3.66. The molecule has 0 aromatic heterocycles. The third-order valence-corrected chi connectivity index (χ3v) is 5.40. The smallest absolute Gasteiger partial charge is 0.252 e. The van der Waals surface area contributed by atoms with Crippen LogP contribution in [0.4, 0.5) is 5.69 Å². The van der Waals surface area contributed by atoms with Gasteiger partial charge in [-0.1, -0.05) is 13.3 Å². The van der Waals surface area contributed by atoms with Crippen LogP contribution < -0.4 is 11.1 Å². The second-order valence-electron chi connectivity index (χ2n) is 4.74. The normalized spacial score (nSPS) is 22.4. The molecule has 3 nitrogen and oxygen atoms in total. The Balaban J connectivity index is 2.06. The molecule has 0 heterocycles. The zero-order valence-corrected chi connectivity index (χ0v) is 13.4. The van der Waals surface area contributed by atoms with E-state index >= 15 is 0 Å². The second-order valence-corrected chi connectivity index (χ2v) is 7.11. The average Bonchev–Trinajstić information content (AvgIpc) is 2.80. The summed E-state index contributed by atoms with van der Waals surface area (Å²) in [7, 11) is 0. The van der Waals surface area contributed by atoms with Gasteiger partial charge in [-0.15, -0.1) is 0 Å². The summed E-state index contributed by atoms with van der Waals surface area (Å²) >= 11 is 5.35. The molecule has 1 aromatic rings. The maximum absolute atomic E-state index is 12.3. The van der Waals surface area contributed by atoms with Gasteiger partial charge in [0.1, 0.15) is 0 Å². The largest absolute Gasteiger partial charge is 0.399 e. The lowest BCUT2D eigenvalue weighted by Gasteiger charge is -2.20. The van der Waals surface area contributed by atoms with E-state index in [4.69, 9.17) is 5.73 Å². The maximum Gasteiger partial charge on any atom is 0.252 e. The minimum absolute atomic E-state index is 0.0345. The highest BCUT2D eigenvalue weighted by Crippen LogP contribution is 2.30. The van der Waals surface area contributed by atoms with E-state index in [0.717, 1.165) is 16.6 Å². The number of amides is 1. The van der Waals surface area contributed by atoms with Crippen molar-refractivity contribution in [1.82, 2.24) is 5.32 Å². The van der Waals surface area contributed by atoms with E-state index in [0.29, 0.717) is 16.5 Å². The van der Waals surface area contributed by atoms with Crippen LogP contribution in [0.15, 0.2) is 22.7 Å². The lowest BCUT2D eigenvalue weighted by molar-refractivity contribution is 0.0938. The van der Waals surface area contributed by atoms with Gasteiger partial charge in [-0.3, -0.25) is 4.79 Å². The monoisotopic (exact) mass is 342 g/mol. The molecule has 1 fully saturated rings. The summed E-state index contributed by atoms with van der Waals surface area (Å²) in [5.41, 5.74) is 6.97. The van der Waals surface area contributed by atoms with Crippen molar-refractivity contribution in [3.05, 3.63) is 28.2 Å². The Morgan fingerprint density at radius 3 is 3.05 bits per heavy atom. The number of hydrogen-bond acceptors (Lipinski definition) is 3. The number of nitrogens with one attached hydrogen (secondary N) is 1. The molecule has 5 heteroatoms. The Morgan fingerprint density at radius 2 is 2.32 bits per heavy atom. The second kappa shape index (κ2) is 6.66. The van der Waals surface area contributed by atoms with Gasteiger partial charge in [0.15, 0.2) is 0 Å². The first-order valence-corrected chi connectivity index (χ1v) is 8.43. The zero-order chi connectivity index (χ0) is 13.8. The number of nitrogen functional groups attached to an aromatic ring is 1. The van der Waals surface area contributed by atoms with Crippen LogP contribution in [0.25, 0.3) is 0 Å². The number of hydrogen-bond donors (Lipinski definition) is 2. The summed E-state index contributed by atoms with van der Waals surface area (Å²) in [6, 6.07) is 5.60. The van der Waals surface area contributed by atoms with Gasteiger partial charge in [-0.2, -0.15) is 11.8 Å². The molecular weight excluding hydrogens is 324 g/mol. The van der Waals surface area contributed by atoms with Crippen molar-refractivity contribution in [2.45, 2.75) is 37.5 Å². The Bertz CT molecular complexity index is 467. The molecule has 0 spiro atoms. The Labute approximate surface area is 126 Å². The van der Waals surface area contributed by atoms with Crippen LogP contribution in [-0.2, 0) is 0 Å². The number of rotatable bonds is 4. The van der Waals surface area contributed by atoms with Gasteiger partial charge in [0, 0.05) is 21.5 Å². The van der Waals surface area contributed by atoms with Crippen molar-refractivity contribution in [3.8, 4) is 0 Å². The van der Waals surface area contributed by atoms with E-state index in [1.54, 1.807) is 12.1 Å². The van der Waals surface area contributed by atoms with E-state index in [2.05, 4.69) is 28.2 Å². The number of carbonyl (C=O) groups excluding carboxylic acids is 1. The zero-order valence-electron chi connectivity index (χ0n) is 11.0. The molecule has 0 saturated heterocycles. The third-order valence-electron chi connectivity index (χ3n) is 3.38. The highest BCUT2D eigenvalue weighted by molar-refractivity contribution is 9.10. The molecule has 1 aromatic carbocycles. The van der Waals surface area contributed by atoms with Crippen LogP contribution in [0.1, 0.15) is 36.5 Å². The molecule has 1 aliphatic carbocycles. The molecule has 1 aliphatic rings. The standard InChI is InChI=1S/C14H19BrN2OS/c1-2-19-13-5-3-4-12(13)17-14(18)10-8-9(16)6-7-11(10)15/h6-8,12-13H,2-5,16H2,1H3,(H,17,18). The number of thioether (sulfide) groups is 1. The van der Waals surface area contributed by atoms with Crippen molar-refractivity contribution in [1.29, 1.82) is 0 Å².